The quantitative estimate of drug-likeness (QED) is 0.507. The van der Waals surface area contributed by atoms with Crippen molar-refractivity contribution in [2.75, 3.05) is 39.3 Å². The number of hydrogen-bond acceptors (Lipinski definition) is 5. The van der Waals surface area contributed by atoms with Crippen LogP contribution in [0.25, 0.3) is 0 Å². The van der Waals surface area contributed by atoms with Crippen LogP contribution in [0.2, 0.25) is 0 Å². The van der Waals surface area contributed by atoms with E-state index < -0.39 is 5.60 Å². The molecule has 2 heterocycles. The summed E-state index contributed by atoms with van der Waals surface area (Å²) in [6.45, 7) is 6.84. The summed E-state index contributed by atoms with van der Waals surface area (Å²) in [4.78, 5) is 2.50. The molecule has 1 aromatic carbocycles. The molecule has 0 amide bonds. The van der Waals surface area contributed by atoms with Gasteiger partial charge in [-0.3, -0.25) is 4.90 Å². The van der Waals surface area contributed by atoms with E-state index in [-0.39, 0.29) is 24.4 Å². The maximum Gasteiger partial charge on any atom is 0.161 e. The van der Waals surface area contributed by atoms with E-state index in [2.05, 4.69) is 30.9 Å². The molecule has 2 N–H and O–H groups in total. The Morgan fingerprint density at radius 1 is 1.32 bits per heavy atom. The third-order valence-electron chi connectivity index (χ3n) is 6.20. The number of aliphatic hydroxyl groups excluding tert-OH is 1. The summed E-state index contributed by atoms with van der Waals surface area (Å²) >= 11 is 6.28. The minimum Gasteiger partial charge on any atom is -0.493 e. The summed E-state index contributed by atoms with van der Waals surface area (Å²) in [5.41, 5.74) is 1.62. The number of aliphatic hydroxyl groups is 2. The maximum absolute atomic E-state index is 11.3. The van der Waals surface area contributed by atoms with Crippen molar-refractivity contribution in [3.63, 3.8) is 0 Å². The van der Waals surface area contributed by atoms with Crippen molar-refractivity contribution >= 4 is 11.6 Å². The second-order valence-electron chi connectivity index (χ2n) is 8.66. The average molecular weight is 412 g/mol. The number of methoxy groups -OCH3 is 1. The van der Waals surface area contributed by atoms with Crippen LogP contribution >= 0.6 is 11.6 Å². The van der Waals surface area contributed by atoms with Crippen LogP contribution in [0.15, 0.2) is 12.1 Å². The minimum absolute atomic E-state index is 0.110. The van der Waals surface area contributed by atoms with Crippen LogP contribution < -0.4 is 9.47 Å². The Morgan fingerprint density at radius 2 is 2.11 bits per heavy atom. The van der Waals surface area contributed by atoms with Gasteiger partial charge in [0.1, 0.15) is 0 Å². The third-order valence-corrected chi connectivity index (χ3v) is 6.67. The van der Waals surface area contributed by atoms with E-state index in [1.54, 1.807) is 7.11 Å². The van der Waals surface area contributed by atoms with Crippen molar-refractivity contribution in [2.45, 2.75) is 51.2 Å². The number of ether oxygens (including phenoxy) is 2. The van der Waals surface area contributed by atoms with Crippen LogP contribution in [0.1, 0.15) is 50.3 Å². The van der Waals surface area contributed by atoms with Gasteiger partial charge in [-0.05, 0) is 48.4 Å². The molecule has 0 bridgehead atoms. The number of halogens is 1. The van der Waals surface area contributed by atoms with Gasteiger partial charge in [0.05, 0.1) is 25.2 Å². The van der Waals surface area contributed by atoms with Crippen LogP contribution in [0, 0.1) is 11.8 Å². The normalized spacial score (nSPS) is 27.4. The van der Waals surface area contributed by atoms with E-state index >= 15 is 0 Å². The molecule has 3 atom stereocenters. The number of fused-ring (bicyclic) bond motifs is 3. The molecule has 6 heteroatoms. The summed E-state index contributed by atoms with van der Waals surface area (Å²) in [6, 6.07) is 4.29. The summed E-state index contributed by atoms with van der Waals surface area (Å²) in [5, 5.41) is 20.3. The van der Waals surface area contributed by atoms with Gasteiger partial charge in [0.2, 0.25) is 0 Å². The Labute approximate surface area is 173 Å². The monoisotopic (exact) mass is 411 g/mol. The highest BCUT2D eigenvalue weighted by atomic mass is 35.5. The van der Waals surface area contributed by atoms with E-state index in [9.17, 15) is 5.11 Å². The standard InChI is InChI=1S/C22H34ClNO4/c1-15(2)9-17-13-24-6-5-16-10-21(28-8-4-7-25)20(27-3)11-18(16)19(24)12-22(17,26)14-23/h10-11,15,17,19,25-26H,4-9,12-14H2,1-3H3/t17-,19-,22?/m1/s1. The summed E-state index contributed by atoms with van der Waals surface area (Å²) in [5.74, 6) is 2.43. The Balaban J connectivity index is 1.88. The molecule has 1 saturated heterocycles. The molecule has 0 saturated carbocycles. The average Bonchev–Trinajstić information content (AvgIpc) is 2.68. The van der Waals surface area contributed by atoms with Crippen molar-refractivity contribution in [1.29, 1.82) is 0 Å². The molecule has 0 aromatic heterocycles. The molecule has 2 aliphatic rings. The fraction of sp³-hybridized carbons (Fsp3) is 0.727. The molecule has 1 fully saturated rings. The molecule has 158 valence electrons. The molecular weight excluding hydrogens is 378 g/mol. The lowest BCUT2D eigenvalue weighted by molar-refractivity contribution is -0.0886. The number of piperidine rings is 1. The molecule has 0 spiro atoms. The maximum atomic E-state index is 11.3. The fourth-order valence-corrected chi connectivity index (χ4v) is 5.05. The van der Waals surface area contributed by atoms with Gasteiger partial charge in [0.15, 0.2) is 11.5 Å². The molecule has 28 heavy (non-hydrogen) atoms. The first-order valence-electron chi connectivity index (χ1n) is 10.4. The molecule has 1 aromatic rings. The highest BCUT2D eigenvalue weighted by Crippen LogP contribution is 2.47. The summed E-state index contributed by atoms with van der Waals surface area (Å²) < 4.78 is 11.4. The van der Waals surface area contributed by atoms with Crippen molar-refractivity contribution in [1.82, 2.24) is 4.90 Å². The molecule has 0 aliphatic carbocycles. The molecule has 3 rings (SSSR count). The molecule has 1 unspecified atom stereocenters. The van der Waals surface area contributed by atoms with Crippen LogP contribution in [0.4, 0.5) is 0 Å². The Morgan fingerprint density at radius 3 is 2.75 bits per heavy atom. The highest BCUT2D eigenvalue weighted by Gasteiger charge is 2.47. The third kappa shape index (κ3) is 4.43. The molecular formula is C22H34ClNO4. The smallest absolute Gasteiger partial charge is 0.161 e. The zero-order valence-electron chi connectivity index (χ0n) is 17.3. The van der Waals surface area contributed by atoms with Gasteiger partial charge in [-0.25, -0.2) is 0 Å². The predicted octanol–water partition coefficient (Wildman–Crippen LogP) is 3.39. The molecule has 2 aliphatic heterocycles. The van der Waals surface area contributed by atoms with Gasteiger partial charge in [-0.1, -0.05) is 13.8 Å². The zero-order valence-corrected chi connectivity index (χ0v) is 18.0. The van der Waals surface area contributed by atoms with Gasteiger partial charge in [-0.15, -0.1) is 11.6 Å². The zero-order chi connectivity index (χ0) is 20.3. The number of rotatable bonds is 8. The highest BCUT2D eigenvalue weighted by molar-refractivity contribution is 6.18. The van der Waals surface area contributed by atoms with Crippen molar-refractivity contribution in [3.05, 3.63) is 23.3 Å². The lowest BCUT2D eigenvalue weighted by atomic mass is 9.72. The van der Waals surface area contributed by atoms with E-state index in [0.717, 1.165) is 31.7 Å². The predicted molar refractivity (Wildman–Crippen MR) is 111 cm³/mol. The van der Waals surface area contributed by atoms with Crippen LogP contribution in [-0.2, 0) is 6.42 Å². The first-order valence-corrected chi connectivity index (χ1v) is 10.9. The number of benzene rings is 1. The second kappa shape index (κ2) is 9.21. The van der Waals surface area contributed by atoms with Gasteiger partial charge in [-0.2, -0.15) is 0 Å². The van der Waals surface area contributed by atoms with Gasteiger partial charge >= 0.3 is 0 Å². The lowest BCUT2D eigenvalue weighted by Crippen LogP contribution is -2.56. The Hall–Kier alpha value is -1.01. The largest absolute Gasteiger partial charge is 0.493 e. The Bertz CT molecular complexity index is 668. The first-order chi connectivity index (χ1) is 13.4. The first kappa shape index (κ1) is 21.7. The summed E-state index contributed by atoms with van der Waals surface area (Å²) in [7, 11) is 1.65. The summed E-state index contributed by atoms with van der Waals surface area (Å²) in [6.07, 6.45) is 3.19. The fourth-order valence-electron chi connectivity index (χ4n) is 4.72. The topological polar surface area (TPSA) is 62.2 Å². The van der Waals surface area contributed by atoms with Crippen LogP contribution in [-0.4, -0.2) is 60.0 Å². The Kier molecular flexibility index (Phi) is 7.13. The lowest BCUT2D eigenvalue weighted by Gasteiger charge is -2.51. The van der Waals surface area contributed by atoms with Gasteiger partial charge in [0, 0.05) is 38.1 Å². The van der Waals surface area contributed by atoms with Crippen molar-refractivity contribution in [2.24, 2.45) is 11.8 Å². The van der Waals surface area contributed by atoms with Gasteiger partial charge in [0.25, 0.3) is 0 Å². The van der Waals surface area contributed by atoms with E-state index in [1.807, 2.05) is 0 Å². The minimum atomic E-state index is -0.842. The SMILES string of the molecule is COc1cc2c(cc1OCCCO)CCN1C[C@@H](CC(C)C)C(O)(CCl)C[C@H]21. The van der Waals surface area contributed by atoms with Gasteiger partial charge < -0.3 is 19.7 Å². The van der Waals surface area contributed by atoms with E-state index in [1.165, 1.54) is 11.1 Å². The number of nitrogens with zero attached hydrogens (tertiary/aromatic N) is 1. The van der Waals surface area contributed by atoms with Crippen LogP contribution in [0.5, 0.6) is 11.5 Å². The second-order valence-corrected chi connectivity index (χ2v) is 8.92. The van der Waals surface area contributed by atoms with Crippen molar-refractivity contribution in [3.8, 4) is 11.5 Å². The van der Waals surface area contributed by atoms with E-state index in [4.69, 9.17) is 26.2 Å². The van der Waals surface area contributed by atoms with Crippen molar-refractivity contribution < 1.29 is 19.7 Å². The van der Waals surface area contributed by atoms with E-state index in [0.29, 0.717) is 31.1 Å². The molecule has 0 radical (unpaired) electrons. The van der Waals surface area contributed by atoms with Crippen LogP contribution in [0.3, 0.4) is 0 Å². The number of alkyl halides is 1. The number of hydrogen-bond donors (Lipinski definition) is 2. The molecule has 5 nitrogen and oxygen atoms in total.